The van der Waals surface area contributed by atoms with Gasteiger partial charge in [0.25, 0.3) is 0 Å². The van der Waals surface area contributed by atoms with E-state index in [1.165, 1.54) is 0 Å². The molecule has 0 aromatic rings. The summed E-state index contributed by atoms with van der Waals surface area (Å²) < 4.78 is 9.02. The Bertz CT molecular complexity index is 20.9. The van der Waals surface area contributed by atoms with Crippen LogP contribution in [0.4, 0.5) is 0 Å². The fraction of sp³-hybridized carbons (Fsp3) is 1.00. The maximum Gasteiger partial charge on any atom is 0.183 e. The molecule has 4 heteroatoms. The SMILES string of the molecule is O.O=PCO. The van der Waals surface area contributed by atoms with E-state index in [1.54, 1.807) is 0 Å². The zero-order chi connectivity index (χ0) is 3.41. The predicted molar refractivity (Wildman–Crippen MR) is 18.3 cm³/mol. The van der Waals surface area contributed by atoms with Crippen molar-refractivity contribution in [3.8, 4) is 0 Å². The molecular weight excluding hydrogens is 91.0 g/mol. The molecule has 0 saturated heterocycles. The van der Waals surface area contributed by atoms with Crippen molar-refractivity contribution in [3.63, 3.8) is 0 Å². The van der Waals surface area contributed by atoms with Crippen molar-refractivity contribution in [3.05, 3.63) is 0 Å². The number of aliphatic hydroxyl groups excluding tert-OH is 1. The molecule has 0 aliphatic heterocycles. The molecule has 0 aliphatic carbocycles. The van der Waals surface area contributed by atoms with Gasteiger partial charge < -0.3 is 10.6 Å². The standard InChI is InChI=1S/CH3O2P.H2O/c2-1-4-3;/h2H,1H2;1H2. The summed E-state index contributed by atoms with van der Waals surface area (Å²) in [5.41, 5.74) is 0. The summed E-state index contributed by atoms with van der Waals surface area (Å²) in [4.78, 5) is 0. The van der Waals surface area contributed by atoms with E-state index in [0.717, 1.165) is 0 Å². The molecule has 0 saturated carbocycles. The van der Waals surface area contributed by atoms with Crippen LogP contribution < -0.4 is 0 Å². The minimum absolute atomic E-state index is 0. The molecule has 0 unspecified atom stereocenters. The van der Waals surface area contributed by atoms with Crippen molar-refractivity contribution in [2.75, 3.05) is 6.35 Å². The molecule has 32 valence electrons. The van der Waals surface area contributed by atoms with E-state index in [9.17, 15) is 0 Å². The molecule has 5 heavy (non-hydrogen) atoms. The average Bonchev–Trinajstić information content (AvgIpc) is 1.37. The Kier molecular flexibility index (Phi) is 16.0. The van der Waals surface area contributed by atoms with Crippen molar-refractivity contribution >= 4 is 8.46 Å². The van der Waals surface area contributed by atoms with Gasteiger partial charge in [-0.2, -0.15) is 0 Å². The highest BCUT2D eigenvalue weighted by Crippen LogP contribution is 1.79. The number of hydrogen-bond acceptors (Lipinski definition) is 2. The Balaban J connectivity index is 0. The van der Waals surface area contributed by atoms with Gasteiger partial charge in [-0.3, -0.25) is 4.57 Å². The first kappa shape index (κ1) is 8.89. The van der Waals surface area contributed by atoms with Crippen LogP contribution in [-0.4, -0.2) is 16.9 Å². The Morgan fingerprint density at radius 2 is 2.00 bits per heavy atom. The lowest BCUT2D eigenvalue weighted by Gasteiger charge is -1.52. The van der Waals surface area contributed by atoms with Crippen LogP contribution in [0.1, 0.15) is 0 Å². The highest BCUT2D eigenvalue weighted by molar-refractivity contribution is 7.23. The van der Waals surface area contributed by atoms with E-state index in [-0.39, 0.29) is 20.3 Å². The molecule has 0 heterocycles. The Morgan fingerprint density at radius 1 is 1.80 bits per heavy atom. The minimum Gasteiger partial charge on any atom is -0.412 e. The number of rotatable bonds is 1. The molecule has 0 aromatic heterocycles. The first-order valence-electron chi connectivity index (χ1n) is 0.815. The molecule has 3 N–H and O–H groups in total. The van der Waals surface area contributed by atoms with E-state index in [2.05, 4.69) is 0 Å². The van der Waals surface area contributed by atoms with Gasteiger partial charge in [0.15, 0.2) is 8.46 Å². The third-order valence-corrected chi connectivity index (χ3v) is 0.173. The van der Waals surface area contributed by atoms with E-state index in [4.69, 9.17) is 9.67 Å². The second-order valence-corrected chi connectivity index (χ2v) is 0.812. The second-order valence-electron chi connectivity index (χ2n) is 0.271. The summed E-state index contributed by atoms with van der Waals surface area (Å²) in [5, 5.41) is 7.55. The van der Waals surface area contributed by atoms with Gasteiger partial charge in [-0.15, -0.1) is 0 Å². The minimum atomic E-state index is -0.264. The molecule has 0 bridgehead atoms. The molecule has 0 fully saturated rings. The molecule has 0 spiro atoms. The Hall–Kier alpha value is 0.0200. The van der Waals surface area contributed by atoms with Gasteiger partial charge in [-0.1, -0.05) is 0 Å². The van der Waals surface area contributed by atoms with Gasteiger partial charge in [0.1, 0.15) is 6.35 Å². The van der Waals surface area contributed by atoms with Crippen LogP contribution in [0.3, 0.4) is 0 Å². The fourth-order valence-corrected chi connectivity index (χ4v) is 0. The quantitative estimate of drug-likeness (QED) is 0.443. The summed E-state index contributed by atoms with van der Waals surface area (Å²) in [6.45, 7) is 0. The normalized spacial score (nSPS) is 6.60. The third kappa shape index (κ3) is 15.8. The van der Waals surface area contributed by atoms with Crippen molar-refractivity contribution in [1.29, 1.82) is 0 Å². The van der Waals surface area contributed by atoms with Crippen molar-refractivity contribution in [1.82, 2.24) is 0 Å². The number of aliphatic hydroxyl groups is 1. The van der Waals surface area contributed by atoms with Crippen molar-refractivity contribution in [2.24, 2.45) is 0 Å². The lowest BCUT2D eigenvalue weighted by molar-refractivity contribution is 0.366. The van der Waals surface area contributed by atoms with E-state index in [0.29, 0.717) is 0 Å². The molecule has 0 radical (unpaired) electrons. The van der Waals surface area contributed by atoms with Crippen LogP contribution in [0.25, 0.3) is 0 Å². The van der Waals surface area contributed by atoms with Gasteiger partial charge in [0.2, 0.25) is 0 Å². The lowest BCUT2D eigenvalue weighted by atomic mass is 11.7. The zero-order valence-electron chi connectivity index (χ0n) is 2.51. The van der Waals surface area contributed by atoms with E-state index < -0.39 is 0 Å². The summed E-state index contributed by atoms with van der Waals surface area (Å²) in [6.07, 6.45) is -0.264. The molecule has 0 rings (SSSR count). The monoisotopic (exact) mass is 96.0 g/mol. The van der Waals surface area contributed by atoms with Crippen LogP contribution >= 0.6 is 8.46 Å². The van der Waals surface area contributed by atoms with E-state index in [1.807, 2.05) is 0 Å². The maximum absolute atomic E-state index is 9.02. The number of hydrogen-bond donors (Lipinski definition) is 1. The van der Waals surface area contributed by atoms with Crippen LogP contribution in [0, 0.1) is 0 Å². The lowest BCUT2D eigenvalue weighted by Crippen LogP contribution is -1.51. The van der Waals surface area contributed by atoms with Crippen molar-refractivity contribution in [2.45, 2.75) is 0 Å². The predicted octanol–water partition coefficient (Wildman–Crippen LogP) is -0.597. The summed E-state index contributed by atoms with van der Waals surface area (Å²) in [5.74, 6) is 0. The van der Waals surface area contributed by atoms with Crippen LogP contribution in [0.2, 0.25) is 0 Å². The molecule has 0 aliphatic rings. The fourth-order valence-electron chi connectivity index (χ4n) is 0. The second kappa shape index (κ2) is 8.99. The van der Waals surface area contributed by atoms with Crippen molar-refractivity contribution < 1.29 is 15.1 Å². The first-order valence-corrected chi connectivity index (χ1v) is 1.81. The third-order valence-electron chi connectivity index (χ3n) is 0.0577. The molecule has 0 amide bonds. The zero-order valence-corrected chi connectivity index (χ0v) is 3.40. The van der Waals surface area contributed by atoms with Gasteiger partial charge in [-0.25, -0.2) is 0 Å². The molecule has 0 atom stereocenters. The summed E-state index contributed by atoms with van der Waals surface area (Å²) >= 11 is 0. The highest BCUT2D eigenvalue weighted by atomic mass is 31.1. The topological polar surface area (TPSA) is 68.8 Å². The smallest absolute Gasteiger partial charge is 0.183 e. The van der Waals surface area contributed by atoms with Crippen LogP contribution in [-0.2, 0) is 4.57 Å². The molecular formula is CH5O3P. The van der Waals surface area contributed by atoms with Gasteiger partial charge in [-0.05, 0) is 0 Å². The van der Waals surface area contributed by atoms with Crippen LogP contribution in [0.5, 0.6) is 0 Å². The Labute approximate surface area is 31.1 Å². The maximum atomic E-state index is 9.02. The summed E-state index contributed by atoms with van der Waals surface area (Å²) in [7, 11) is -0.196. The average molecular weight is 96.0 g/mol. The van der Waals surface area contributed by atoms with Gasteiger partial charge in [0.05, 0.1) is 0 Å². The highest BCUT2D eigenvalue weighted by Gasteiger charge is 1.55. The van der Waals surface area contributed by atoms with Crippen LogP contribution in [0.15, 0.2) is 0 Å². The van der Waals surface area contributed by atoms with Gasteiger partial charge >= 0.3 is 0 Å². The summed E-state index contributed by atoms with van der Waals surface area (Å²) in [6, 6.07) is 0. The van der Waals surface area contributed by atoms with Gasteiger partial charge in [0, 0.05) is 0 Å². The Morgan fingerprint density at radius 3 is 2.00 bits per heavy atom. The molecule has 3 nitrogen and oxygen atoms in total. The van der Waals surface area contributed by atoms with E-state index >= 15 is 0 Å². The molecule has 0 aromatic carbocycles. The first-order chi connectivity index (χ1) is 1.91. The largest absolute Gasteiger partial charge is 0.412 e.